The van der Waals surface area contributed by atoms with E-state index in [1.165, 1.54) is 11.1 Å². The number of nitrogens with zero attached hydrogens (tertiary/aromatic N) is 1. The van der Waals surface area contributed by atoms with Gasteiger partial charge in [-0.2, -0.15) is 0 Å². The first-order valence-electron chi connectivity index (χ1n) is 4.59. The summed E-state index contributed by atoms with van der Waals surface area (Å²) in [4.78, 5) is 23.1. The fourth-order valence-electron chi connectivity index (χ4n) is 0.991. The summed E-state index contributed by atoms with van der Waals surface area (Å²) in [6.07, 6.45) is 2.83. The summed E-state index contributed by atoms with van der Waals surface area (Å²) in [5.41, 5.74) is 5.45. The van der Waals surface area contributed by atoms with Crippen LogP contribution in [0, 0.1) is 0 Å². The molecule has 1 aliphatic heterocycles. The summed E-state index contributed by atoms with van der Waals surface area (Å²) in [7, 11) is 0. The molecule has 1 rings (SSSR count). The minimum Gasteiger partial charge on any atom is -0.449 e. The van der Waals surface area contributed by atoms with Gasteiger partial charge in [0.25, 0.3) is 0 Å². The van der Waals surface area contributed by atoms with Gasteiger partial charge in [0.1, 0.15) is 0 Å². The summed E-state index contributed by atoms with van der Waals surface area (Å²) in [5, 5.41) is 0. The van der Waals surface area contributed by atoms with Crippen molar-refractivity contribution in [2.75, 3.05) is 13.2 Å². The van der Waals surface area contributed by atoms with E-state index in [0.717, 1.165) is 12.8 Å². The molecule has 0 atom stereocenters. The van der Waals surface area contributed by atoms with Crippen LogP contribution in [0.15, 0.2) is 11.8 Å². The normalized spacial score (nSPS) is 14.4. The molecule has 0 spiro atoms. The lowest BCUT2D eigenvalue weighted by Crippen LogP contribution is -2.40. The van der Waals surface area contributed by atoms with Crippen LogP contribution in [0.1, 0.15) is 19.8 Å². The zero-order valence-corrected chi connectivity index (χ0v) is 8.16. The maximum atomic E-state index is 11.2. The largest absolute Gasteiger partial charge is 0.449 e. The standard InChI is InChI=1S/C9H14N2O3/c1-2-3-4-14-9(13)11-5-7(6-11)8(10)12/h5H,2-4,6H2,1H3,(H2,10,12). The predicted molar refractivity (Wildman–Crippen MR) is 50.2 cm³/mol. The van der Waals surface area contributed by atoms with E-state index in [4.69, 9.17) is 10.5 Å². The van der Waals surface area contributed by atoms with Gasteiger partial charge >= 0.3 is 6.09 Å². The van der Waals surface area contributed by atoms with Crippen LogP contribution in [0.2, 0.25) is 0 Å². The maximum absolute atomic E-state index is 11.2. The van der Waals surface area contributed by atoms with E-state index < -0.39 is 12.0 Å². The summed E-state index contributed by atoms with van der Waals surface area (Å²) >= 11 is 0. The molecule has 78 valence electrons. The highest BCUT2D eigenvalue weighted by atomic mass is 16.6. The third-order valence-electron chi connectivity index (χ3n) is 1.93. The Morgan fingerprint density at radius 2 is 2.29 bits per heavy atom. The molecule has 0 unspecified atom stereocenters. The monoisotopic (exact) mass is 198 g/mol. The van der Waals surface area contributed by atoms with Gasteiger partial charge in [0.2, 0.25) is 5.91 Å². The summed E-state index contributed by atoms with van der Waals surface area (Å²) in [6, 6.07) is 0. The second kappa shape index (κ2) is 4.64. The molecule has 5 nitrogen and oxygen atoms in total. The molecule has 0 saturated carbocycles. The Labute approximate surface area is 82.5 Å². The molecule has 0 fully saturated rings. The Hall–Kier alpha value is -1.52. The van der Waals surface area contributed by atoms with E-state index in [1.807, 2.05) is 6.92 Å². The van der Waals surface area contributed by atoms with Crippen LogP contribution in [0.5, 0.6) is 0 Å². The van der Waals surface area contributed by atoms with Gasteiger partial charge in [-0.05, 0) is 6.42 Å². The number of carbonyl (C=O) groups excluding carboxylic acids is 2. The molecule has 2 N–H and O–H groups in total. The Kier molecular flexibility index (Phi) is 3.50. The van der Waals surface area contributed by atoms with Crippen LogP contribution in [0.4, 0.5) is 4.79 Å². The van der Waals surface area contributed by atoms with Gasteiger partial charge in [-0.25, -0.2) is 4.79 Å². The minimum atomic E-state index is -0.484. The molecule has 0 aliphatic carbocycles. The van der Waals surface area contributed by atoms with Gasteiger partial charge in [-0.1, -0.05) is 13.3 Å². The molecule has 0 radical (unpaired) electrons. The molecule has 2 amide bonds. The van der Waals surface area contributed by atoms with E-state index >= 15 is 0 Å². The number of nitrogens with two attached hydrogens (primary N) is 1. The number of primary amides is 1. The van der Waals surface area contributed by atoms with Gasteiger partial charge in [-0.3, -0.25) is 9.69 Å². The zero-order chi connectivity index (χ0) is 10.6. The number of unbranched alkanes of at least 4 members (excludes halogenated alkanes) is 1. The van der Waals surface area contributed by atoms with E-state index in [0.29, 0.717) is 12.2 Å². The number of hydrogen-bond donors (Lipinski definition) is 1. The quantitative estimate of drug-likeness (QED) is 0.672. The van der Waals surface area contributed by atoms with Crippen LogP contribution >= 0.6 is 0 Å². The second-order valence-corrected chi connectivity index (χ2v) is 3.11. The first-order valence-corrected chi connectivity index (χ1v) is 4.59. The summed E-state index contributed by atoms with van der Waals surface area (Å²) in [5.74, 6) is -0.484. The summed E-state index contributed by atoms with van der Waals surface area (Å²) in [6.45, 7) is 2.70. The number of ether oxygens (including phenoxy) is 1. The van der Waals surface area contributed by atoms with Crippen molar-refractivity contribution in [2.24, 2.45) is 5.73 Å². The molecule has 1 heterocycles. The fraction of sp³-hybridized carbons (Fsp3) is 0.556. The lowest BCUT2D eigenvalue weighted by atomic mass is 10.2. The van der Waals surface area contributed by atoms with E-state index in [2.05, 4.69) is 0 Å². The third-order valence-corrected chi connectivity index (χ3v) is 1.93. The van der Waals surface area contributed by atoms with Crippen molar-refractivity contribution in [1.82, 2.24) is 4.90 Å². The molecule has 0 aromatic carbocycles. The minimum absolute atomic E-state index is 0.264. The van der Waals surface area contributed by atoms with Gasteiger partial charge < -0.3 is 10.5 Å². The Morgan fingerprint density at radius 3 is 2.79 bits per heavy atom. The van der Waals surface area contributed by atoms with Gasteiger partial charge in [-0.15, -0.1) is 0 Å². The Balaban J connectivity index is 2.26. The first-order chi connectivity index (χ1) is 6.65. The second-order valence-electron chi connectivity index (χ2n) is 3.11. The molecule has 0 bridgehead atoms. The molecule has 0 aromatic heterocycles. The SMILES string of the molecule is CCCCOC(=O)N1C=C(C(N)=O)C1. The average molecular weight is 198 g/mol. The van der Waals surface area contributed by atoms with Crippen LogP contribution in [-0.2, 0) is 9.53 Å². The van der Waals surface area contributed by atoms with Gasteiger partial charge in [0.05, 0.1) is 18.7 Å². The Morgan fingerprint density at radius 1 is 1.64 bits per heavy atom. The average Bonchev–Trinajstić information content (AvgIpc) is 2.01. The number of carbonyl (C=O) groups is 2. The third kappa shape index (κ3) is 2.48. The van der Waals surface area contributed by atoms with Crippen molar-refractivity contribution >= 4 is 12.0 Å². The van der Waals surface area contributed by atoms with Crippen molar-refractivity contribution in [3.8, 4) is 0 Å². The van der Waals surface area contributed by atoms with Crippen LogP contribution < -0.4 is 5.73 Å². The maximum Gasteiger partial charge on any atom is 0.414 e. The van der Waals surface area contributed by atoms with Crippen LogP contribution in [-0.4, -0.2) is 30.1 Å². The first kappa shape index (κ1) is 10.6. The lowest BCUT2D eigenvalue weighted by molar-refractivity contribution is -0.115. The molecule has 1 aliphatic rings. The van der Waals surface area contributed by atoms with Crippen LogP contribution in [0.3, 0.4) is 0 Å². The smallest absolute Gasteiger partial charge is 0.414 e. The van der Waals surface area contributed by atoms with Gasteiger partial charge in [0.15, 0.2) is 0 Å². The fourth-order valence-corrected chi connectivity index (χ4v) is 0.991. The van der Waals surface area contributed by atoms with Crippen LogP contribution in [0.25, 0.3) is 0 Å². The van der Waals surface area contributed by atoms with Crippen molar-refractivity contribution in [3.05, 3.63) is 11.8 Å². The van der Waals surface area contributed by atoms with E-state index in [-0.39, 0.29) is 6.54 Å². The molecule has 5 heteroatoms. The summed E-state index contributed by atoms with van der Waals surface area (Å²) < 4.78 is 4.90. The highest BCUT2D eigenvalue weighted by Gasteiger charge is 2.25. The van der Waals surface area contributed by atoms with Crippen molar-refractivity contribution in [3.63, 3.8) is 0 Å². The number of hydrogen-bond acceptors (Lipinski definition) is 3. The highest BCUT2D eigenvalue weighted by Crippen LogP contribution is 2.13. The molecule has 0 saturated heterocycles. The zero-order valence-electron chi connectivity index (χ0n) is 8.16. The molecule has 0 aromatic rings. The highest BCUT2D eigenvalue weighted by molar-refractivity contribution is 5.95. The van der Waals surface area contributed by atoms with Crippen molar-refractivity contribution in [2.45, 2.75) is 19.8 Å². The molecular formula is C9H14N2O3. The van der Waals surface area contributed by atoms with Crippen molar-refractivity contribution in [1.29, 1.82) is 0 Å². The molecular weight excluding hydrogens is 184 g/mol. The van der Waals surface area contributed by atoms with Gasteiger partial charge in [0, 0.05) is 6.20 Å². The number of amides is 2. The van der Waals surface area contributed by atoms with E-state index in [9.17, 15) is 9.59 Å². The Bertz CT molecular complexity index is 273. The number of rotatable bonds is 4. The van der Waals surface area contributed by atoms with E-state index in [1.54, 1.807) is 0 Å². The topological polar surface area (TPSA) is 72.6 Å². The van der Waals surface area contributed by atoms with Crippen molar-refractivity contribution < 1.29 is 14.3 Å². The predicted octanol–water partition coefficient (Wildman–Crippen LogP) is 0.608. The molecule has 14 heavy (non-hydrogen) atoms. The lowest BCUT2D eigenvalue weighted by Gasteiger charge is -2.26.